The molecule has 0 saturated heterocycles. The normalized spacial score (nSPS) is 11.7. The van der Waals surface area contributed by atoms with Crippen LogP contribution in [0, 0.1) is 0 Å². The van der Waals surface area contributed by atoms with E-state index in [0.29, 0.717) is 52.5 Å². The van der Waals surface area contributed by atoms with Gasteiger partial charge in [-0.2, -0.15) is 4.98 Å². The molecule has 2 N–H and O–H groups in total. The van der Waals surface area contributed by atoms with E-state index in [1.807, 2.05) is 26.1 Å². The number of rotatable bonds is 6. The molecule has 2 aromatic heterocycles. The Morgan fingerprint density at radius 2 is 1.93 bits per heavy atom. The van der Waals surface area contributed by atoms with Gasteiger partial charge >= 0.3 is 0 Å². The largest absolute Gasteiger partial charge is 0.357 e. The minimum Gasteiger partial charge on any atom is -0.357 e. The Bertz CT molecular complexity index is 964. The molecule has 0 aliphatic heterocycles. The lowest BCUT2D eigenvalue weighted by Gasteiger charge is -2.09. The highest BCUT2D eigenvalue weighted by Gasteiger charge is 2.11. The Labute approximate surface area is 177 Å². The first-order valence-corrected chi connectivity index (χ1v) is 9.71. The molecule has 10 heteroatoms. The summed E-state index contributed by atoms with van der Waals surface area (Å²) in [4.78, 5) is 8.92. The number of nitrogens with one attached hydrogen (secondary N) is 2. The number of halogens is 3. The van der Waals surface area contributed by atoms with E-state index in [0.717, 1.165) is 11.3 Å². The maximum Gasteiger partial charge on any atom is 0.246 e. The Balaban J connectivity index is 1.64. The smallest absolute Gasteiger partial charge is 0.246 e. The zero-order valence-corrected chi connectivity index (χ0v) is 17.6. The van der Waals surface area contributed by atoms with Crippen molar-refractivity contribution in [1.29, 1.82) is 0 Å². The fourth-order valence-electron chi connectivity index (χ4n) is 2.44. The highest BCUT2D eigenvalue weighted by atomic mass is 35.5. The summed E-state index contributed by atoms with van der Waals surface area (Å²) in [5, 5.41) is 12.0. The van der Waals surface area contributed by atoms with Gasteiger partial charge in [-0.15, -0.1) is 0 Å². The first-order valence-electron chi connectivity index (χ1n) is 8.58. The van der Waals surface area contributed by atoms with E-state index in [-0.39, 0.29) is 0 Å². The zero-order valence-electron chi connectivity index (χ0n) is 15.3. The maximum absolute atomic E-state index is 6.09. The molecule has 28 heavy (non-hydrogen) atoms. The van der Waals surface area contributed by atoms with Gasteiger partial charge in [0.15, 0.2) is 5.96 Å². The number of aliphatic imine (C=N–C) groups is 1. The summed E-state index contributed by atoms with van der Waals surface area (Å²) in [7, 11) is 1.84. The molecule has 0 fully saturated rings. The van der Waals surface area contributed by atoms with Gasteiger partial charge < -0.3 is 19.7 Å². The summed E-state index contributed by atoms with van der Waals surface area (Å²) < 4.78 is 7.10. The summed E-state index contributed by atoms with van der Waals surface area (Å²) in [6.07, 6.45) is 0. The van der Waals surface area contributed by atoms with E-state index >= 15 is 0 Å². The van der Waals surface area contributed by atoms with Gasteiger partial charge in [0.1, 0.15) is 5.15 Å². The Kier molecular flexibility index (Phi) is 6.83. The molecule has 1 aromatic carbocycles. The molecule has 148 valence electrons. The highest BCUT2D eigenvalue weighted by molar-refractivity contribution is 6.41. The van der Waals surface area contributed by atoms with Crippen LogP contribution in [0.15, 0.2) is 39.8 Å². The van der Waals surface area contributed by atoms with Crippen LogP contribution in [0.5, 0.6) is 0 Å². The van der Waals surface area contributed by atoms with Crippen molar-refractivity contribution in [1.82, 2.24) is 25.3 Å². The number of guanidine groups is 1. The molecule has 0 amide bonds. The lowest BCUT2D eigenvalue weighted by molar-refractivity contribution is 0.375. The lowest BCUT2D eigenvalue weighted by Crippen LogP contribution is -2.36. The van der Waals surface area contributed by atoms with Crippen LogP contribution in [-0.2, 0) is 20.1 Å². The van der Waals surface area contributed by atoms with E-state index in [2.05, 4.69) is 25.8 Å². The molecule has 0 unspecified atom stereocenters. The maximum atomic E-state index is 6.09. The summed E-state index contributed by atoms with van der Waals surface area (Å²) in [5.41, 5.74) is 1.73. The third kappa shape index (κ3) is 4.98. The van der Waals surface area contributed by atoms with Crippen molar-refractivity contribution in [2.24, 2.45) is 12.0 Å². The fraction of sp³-hybridized carbons (Fsp3) is 0.278. The van der Waals surface area contributed by atoms with E-state index in [1.54, 1.807) is 22.8 Å². The van der Waals surface area contributed by atoms with Crippen LogP contribution in [0.4, 0.5) is 0 Å². The van der Waals surface area contributed by atoms with Crippen LogP contribution in [0.1, 0.15) is 18.5 Å². The molecule has 0 saturated carbocycles. The molecular formula is C18H19Cl3N6O. The molecule has 3 rings (SSSR count). The van der Waals surface area contributed by atoms with E-state index < -0.39 is 0 Å². The van der Waals surface area contributed by atoms with Crippen LogP contribution in [0.2, 0.25) is 15.2 Å². The first-order chi connectivity index (χ1) is 13.5. The summed E-state index contributed by atoms with van der Waals surface area (Å²) >= 11 is 18.0. The fourth-order valence-corrected chi connectivity index (χ4v) is 2.99. The third-order valence-electron chi connectivity index (χ3n) is 3.94. The number of hydrogen-bond donors (Lipinski definition) is 2. The molecular weight excluding hydrogens is 423 g/mol. The van der Waals surface area contributed by atoms with Gasteiger partial charge in [0, 0.05) is 29.9 Å². The molecule has 0 radical (unpaired) electrons. The second-order valence-electron chi connectivity index (χ2n) is 5.90. The van der Waals surface area contributed by atoms with Gasteiger partial charge in [-0.3, -0.25) is 0 Å². The Morgan fingerprint density at radius 3 is 2.57 bits per heavy atom. The van der Waals surface area contributed by atoms with Crippen molar-refractivity contribution in [3.8, 4) is 11.4 Å². The topological polar surface area (TPSA) is 80.3 Å². The standard InChI is InChI=1S/C18H19Cl3N6O/c1-3-22-18(23-9-13-8-14(20)16(21)27(13)2)24-10-15-25-17(26-28-15)11-4-6-12(19)7-5-11/h4-8H,3,9-10H2,1-2H3,(H2,22,23,24). The predicted molar refractivity (Wildman–Crippen MR) is 112 cm³/mol. The highest BCUT2D eigenvalue weighted by Crippen LogP contribution is 2.25. The average Bonchev–Trinajstić information content (AvgIpc) is 3.25. The zero-order chi connectivity index (χ0) is 20.1. The number of hydrogen-bond acceptors (Lipinski definition) is 4. The number of aromatic nitrogens is 3. The predicted octanol–water partition coefficient (Wildman–Crippen LogP) is 4.29. The van der Waals surface area contributed by atoms with Gasteiger partial charge in [-0.25, -0.2) is 4.99 Å². The average molecular weight is 442 g/mol. The molecule has 0 aliphatic carbocycles. The van der Waals surface area contributed by atoms with Crippen molar-refractivity contribution in [2.75, 3.05) is 6.54 Å². The van der Waals surface area contributed by atoms with Gasteiger partial charge in [0.2, 0.25) is 11.7 Å². The van der Waals surface area contributed by atoms with Crippen molar-refractivity contribution < 1.29 is 4.52 Å². The van der Waals surface area contributed by atoms with Gasteiger partial charge in [0.25, 0.3) is 0 Å². The third-order valence-corrected chi connectivity index (χ3v) is 5.03. The summed E-state index contributed by atoms with van der Waals surface area (Å²) in [6, 6.07) is 9.04. The summed E-state index contributed by atoms with van der Waals surface area (Å²) in [6.45, 7) is 3.44. The van der Waals surface area contributed by atoms with E-state index in [9.17, 15) is 0 Å². The lowest BCUT2D eigenvalue weighted by atomic mass is 10.2. The second-order valence-corrected chi connectivity index (χ2v) is 7.10. The molecule has 2 heterocycles. The van der Waals surface area contributed by atoms with Crippen molar-refractivity contribution >= 4 is 40.8 Å². The second kappa shape index (κ2) is 9.32. The molecule has 3 aromatic rings. The van der Waals surface area contributed by atoms with E-state index in [1.165, 1.54) is 0 Å². The van der Waals surface area contributed by atoms with E-state index in [4.69, 9.17) is 39.3 Å². The van der Waals surface area contributed by atoms with Crippen LogP contribution >= 0.6 is 34.8 Å². The van der Waals surface area contributed by atoms with Crippen molar-refractivity contribution in [2.45, 2.75) is 20.0 Å². The molecule has 0 atom stereocenters. The van der Waals surface area contributed by atoms with Crippen molar-refractivity contribution in [3.05, 3.63) is 57.1 Å². The Hall–Kier alpha value is -2.22. The quantitative estimate of drug-likeness (QED) is 0.440. The van der Waals surface area contributed by atoms with Crippen molar-refractivity contribution in [3.63, 3.8) is 0 Å². The van der Waals surface area contributed by atoms with Crippen LogP contribution < -0.4 is 10.6 Å². The summed E-state index contributed by atoms with van der Waals surface area (Å²) in [5.74, 6) is 1.56. The Morgan fingerprint density at radius 1 is 1.18 bits per heavy atom. The molecule has 0 spiro atoms. The van der Waals surface area contributed by atoms with Gasteiger partial charge in [0.05, 0.1) is 18.1 Å². The van der Waals surface area contributed by atoms with Crippen LogP contribution in [0.25, 0.3) is 11.4 Å². The SMILES string of the molecule is CCNC(=NCc1cc(Cl)c(Cl)n1C)NCc1nc(-c2ccc(Cl)cc2)no1. The molecule has 0 bridgehead atoms. The first kappa shape index (κ1) is 20.5. The minimum absolute atomic E-state index is 0.334. The number of nitrogens with zero attached hydrogens (tertiary/aromatic N) is 4. The van der Waals surface area contributed by atoms with Gasteiger partial charge in [-0.1, -0.05) is 40.0 Å². The minimum atomic E-state index is 0.334. The number of benzene rings is 1. The van der Waals surface area contributed by atoms with Crippen LogP contribution in [-0.4, -0.2) is 27.2 Å². The monoisotopic (exact) mass is 440 g/mol. The van der Waals surface area contributed by atoms with Gasteiger partial charge in [-0.05, 0) is 37.3 Å². The molecule has 0 aliphatic rings. The molecule has 7 nitrogen and oxygen atoms in total. The van der Waals surface area contributed by atoms with Crippen LogP contribution in [0.3, 0.4) is 0 Å².